The number of aromatic nitrogens is 2. The standard InChI is InChI=1S/C19H24FN3O/c1-13(2)23-11-8-21-18(23)15-6-9-22(10-7-15)19(24)17-12-16(20)5-4-14(17)3/h4-5,8,11-13,15H,6-7,9-10H2,1-3H3. The van der Waals surface area contributed by atoms with Crippen LogP contribution in [0, 0.1) is 12.7 Å². The number of carbonyl (C=O) groups excluding carboxylic acids is 1. The average molecular weight is 329 g/mol. The van der Waals surface area contributed by atoms with Gasteiger partial charge in [0.05, 0.1) is 0 Å². The number of piperidine rings is 1. The number of likely N-dealkylation sites (tertiary alicyclic amines) is 1. The van der Waals surface area contributed by atoms with Crippen molar-refractivity contribution in [3.05, 3.63) is 53.4 Å². The van der Waals surface area contributed by atoms with Crippen LogP contribution < -0.4 is 0 Å². The summed E-state index contributed by atoms with van der Waals surface area (Å²) in [5, 5.41) is 0. The molecular weight excluding hydrogens is 305 g/mol. The molecular formula is C19H24FN3O. The molecule has 0 bridgehead atoms. The Balaban J connectivity index is 1.70. The molecule has 4 nitrogen and oxygen atoms in total. The zero-order valence-electron chi connectivity index (χ0n) is 14.5. The van der Waals surface area contributed by atoms with Gasteiger partial charge in [0.2, 0.25) is 0 Å². The molecule has 24 heavy (non-hydrogen) atoms. The van der Waals surface area contributed by atoms with Gasteiger partial charge in [0.15, 0.2) is 0 Å². The molecule has 0 unspecified atom stereocenters. The number of benzene rings is 1. The molecule has 3 rings (SSSR count). The van der Waals surface area contributed by atoms with Crippen molar-refractivity contribution in [2.45, 2.75) is 45.6 Å². The molecule has 2 heterocycles. The van der Waals surface area contributed by atoms with Gasteiger partial charge in [0.1, 0.15) is 11.6 Å². The second-order valence-electron chi connectivity index (χ2n) is 6.81. The third kappa shape index (κ3) is 3.21. The van der Waals surface area contributed by atoms with Crippen LogP contribution in [0.5, 0.6) is 0 Å². The molecule has 1 amide bonds. The summed E-state index contributed by atoms with van der Waals surface area (Å²) in [5.41, 5.74) is 1.29. The van der Waals surface area contributed by atoms with Gasteiger partial charge in [-0.25, -0.2) is 9.37 Å². The third-order valence-electron chi connectivity index (χ3n) is 4.83. The molecule has 1 aliphatic heterocycles. The molecule has 1 aromatic carbocycles. The maximum absolute atomic E-state index is 13.5. The molecule has 2 aromatic rings. The lowest BCUT2D eigenvalue weighted by Crippen LogP contribution is -2.38. The van der Waals surface area contributed by atoms with E-state index < -0.39 is 0 Å². The lowest BCUT2D eigenvalue weighted by atomic mass is 9.94. The molecule has 1 aromatic heterocycles. The lowest BCUT2D eigenvalue weighted by molar-refractivity contribution is 0.0708. The fourth-order valence-corrected chi connectivity index (χ4v) is 3.41. The summed E-state index contributed by atoms with van der Waals surface area (Å²) >= 11 is 0. The van der Waals surface area contributed by atoms with Gasteiger partial charge in [0.25, 0.3) is 5.91 Å². The first-order valence-corrected chi connectivity index (χ1v) is 8.55. The summed E-state index contributed by atoms with van der Waals surface area (Å²) in [5.74, 6) is 1.05. The van der Waals surface area contributed by atoms with Gasteiger partial charge in [-0.05, 0) is 51.3 Å². The highest BCUT2D eigenvalue weighted by atomic mass is 19.1. The quantitative estimate of drug-likeness (QED) is 0.856. The minimum atomic E-state index is -0.363. The van der Waals surface area contributed by atoms with Crippen LogP contribution in [0.25, 0.3) is 0 Å². The molecule has 1 aliphatic rings. The van der Waals surface area contributed by atoms with Crippen LogP contribution in [0.15, 0.2) is 30.6 Å². The number of imidazole rings is 1. The summed E-state index contributed by atoms with van der Waals surface area (Å²) in [6.45, 7) is 7.51. The molecule has 0 saturated carbocycles. The number of nitrogens with zero attached hydrogens (tertiary/aromatic N) is 3. The van der Waals surface area contributed by atoms with Crippen molar-refractivity contribution in [3.63, 3.8) is 0 Å². The van der Waals surface area contributed by atoms with Gasteiger partial charge in [-0.1, -0.05) is 6.07 Å². The van der Waals surface area contributed by atoms with Crippen LogP contribution in [0.3, 0.4) is 0 Å². The second kappa shape index (κ2) is 6.75. The van der Waals surface area contributed by atoms with Crippen LogP contribution in [0.4, 0.5) is 4.39 Å². The Morgan fingerprint density at radius 1 is 1.29 bits per heavy atom. The topological polar surface area (TPSA) is 38.1 Å². The van der Waals surface area contributed by atoms with Gasteiger partial charge < -0.3 is 9.47 Å². The Bertz CT molecular complexity index is 730. The Kier molecular flexibility index (Phi) is 4.69. The van der Waals surface area contributed by atoms with E-state index in [2.05, 4.69) is 23.4 Å². The van der Waals surface area contributed by atoms with Crippen LogP contribution in [-0.2, 0) is 0 Å². The number of amides is 1. The molecule has 128 valence electrons. The molecule has 0 N–H and O–H groups in total. The zero-order chi connectivity index (χ0) is 17.3. The first-order chi connectivity index (χ1) is 11.5. The van der Waals surface area contributed by atoms with E-state index in [9.17, 15) is 9.18 Å². The molecule has 5 heteroatoms. The van der Waals surface area contributed by atoms with Gasteiger partial charge in [0, 0.05) is 43.0 Å². The van der Waals surface area contributed by atoms with Crippen LogP contribution in [0.1, 0.15) is 60.4 Å². The number of hydrogen-bond donors (Lipinski definition) is 0. The van der Waals surface area contributed by atoms with Crippen molar-refractivity contribution >= 4 is 5.91 Å². The maximum atomic E-state index is 13.5. The maximum Gasteiger partial charge on any atom is 0.254 e. The van der Waals surface area contributed by atoms with Crippen molar-refractivity contribution in [1.82, 2.24) is 14.5 Å². The fourth-order valence-electron chi connectivity index (χ4n) is 3.41. The van der Waals surface area contributed by atoms with Crippen molar-refractivity contribution in [2.75, 3.05) is 13.1 Å². The predicted octanol–water partition coefficient (Wildman–Crippen LogP) is 3.93. The van der Waals surface area contributed by atoms with E-state index in [0.717, 1.165) is 24.2 Å². The van der Waals surface area contributed by atoms with Crippen molar-refractivity contribution in [1.29, 1.82) is 0 Å². The number of halogens is 1. The highest BCUT2D eigenvalue weighted by Crippen LogP contribution is 2.29. The highest BCUT2D eigenvalue weighted by molar-refractivity contribution is 5.95. The third-order valence-corrected chi connectivity index (χ3v) is 4.83. The Hall–Kier alpha value is -2.17. The highest BCUT2D eigenvalue weighted by Gasteiger charge is 2.28. The molecule has 1 saturated heterocycles. The molecule has 0 aliphatic carbocycles. The molecule has 0 spiro atoms. The van der Waals surface area contributed by atoms with E-state index in [1.807, 2.05) is 24.2 Å². The number of hydrogen-bond acceptors (Lipinski definition) is 2. The normalized spacial score (nSPS) is 16.0. The van der Waals surface area contributed by atoms with E-state index in [0.29, 0.717) is 30.6 Å². The summed E-state index contributed by atoms with van der Waals surface area (Å²) in [6, 6.07) is 4.78. The van der Waals surface area contributed by atoms with E-state index >= 15 is 0 Å². The summed E-state index contributed by atoms with van der Waals surface area (Å²) in [4.78, 5) is 19.0. The molecule has 1 fully saturated rings. The van der Waals surface area contributed by atoms with Gasteiger partial charge in [-0.15, -0.1) is 0 Å². The summed E-state index contributed by atoms with van der Waals surface area (Å²) in [7, 11) is 0. The van der Waals surface area contributed by atoms with Crippen LogP contribution >= 0.6 is 0 Å². The smallest absolute Gasteiger partial charge is 0.254 e. The largest absolute Gasteiger partial charge is 0.339 e. The minimum Gasteiger partial charge on any atom is -0.339 e. The zero-order valence-corrected chi connectivity index (χ0v) is 14.5. The molecule has 0 atom stereocenters. The Morgan fingerprint density at radius 3 is 2.67 bits per heavy atom. The van der Waals surface area contributed by atoms with Gasteiger partial charge >= 0.3 is 0 Å². The van der Waals surface area contributed by atoms with E-state index in [1.165, 1.54) is 12.1 Å². The number of carbonyl (C=O) groups is 1. The second-order valence-corrected chi connectivity index (χ2v) is 6.81. The minimum absolute atomic E-state index is 0.0716. The van der Waals surface area contributed by atoms with E-state index in [4.69, 9.17) is 0 Å². The summed E-state index contributed by atoms with van der Waals surface area (Å²) in [6.07, 6.45) is 5.66. The first kappa shape index (κ1) is 16.7. The first-order valence-electron chi connectivity index (χ1n) is 8.55. The Labute approximate surface area is 142 Å². The van der Waals surface area contributed by atoms with Crippen LogP contribution in [-0.4, -0.2) is 33.4 Å². The number of aryl methyl sites for hydroxylation is 1. The van der Waals surface area contributed by atoms with Crippen molar-refractivity contribution < 1.29 is 9.18 Å². The predicted molar refractivity (Wildman–Crippen MR) is 91.6 cm³/mol. The molecule has 0 radical (unpaired) electrons. The van der Waals surface area contributed by atoms with Crippen molar-refractivity contribution in [3.8, 4) is 0 Å². The van der Waals surface area contributed by atoms with Gasteiger partial charge in [-0.3, -0.25) is 4.79 Å². The Morgan fingerprint density at radius 2 is 2.00 bits per heavy atom. The summed E-state index contributed by atoms with van der Waals surface area (Å²) < 4.78 is 15.7. The SMILES string of the molecule is Cc1ccc(F)cc1C(=O)N1CCC(c2nccn2C(C)C)CC1. The average Bonchev–Trinajstić information content (AvgIpc) is 3.06. The fraction of sp³-hybridized carbons (Fsp3) is 0.474. The lowest BCUT2D eigenvalue weighted by Gasteiger charge is -2.32. The number of rotatable bonds is 3. The van der Waals surface area contributed by atoms with Gasteiger partial charge in [-0.2, -0.15) is 0 Å². The van der Waals surface area contributed by atoms with E-state index in [-0.39, 0.29) is 11.7 Å². The van der Waals surface area contributed by atoms with Crippen LogP contribution in [0.2, 0.25) is 0 Å². The van der Waals surface area contributed by atoms with Crippen molar-refractivity contribution in [2.24, 2.45) is 0 Å². The van der Waals surface area contributed by atoms with E-state index in [1.54, 1.807) is 6.07 Å². The monoisotopic (exact) mass is 329 g/mol.